The summed E-state index contributed by atoms with van der Waals surface area (Å²) in [5.74, 6) is 0.496. The second kappa shape index (κ2) is 7.64. The quantitative estimate of drug-likeness (QED) is 0.773. The summed E-state index contributed by atoms with van der Waals surface area (Å²) in [4.78, 5) is 16.7. The number of aryl methyl sites for hydroxylation is 1. The van der Waals surface area contributed by atoms with Crippen LogP contribution >= 0.6 is 0 Å². The number of aromatic nitrogens is 2. The molecule has 0 spiro atoms. The lowest BCUT2D eigenvalue weighted by atomic mass is 9.69. The number of nitrogens with one attached hydrogen (secondary N) is 1. The van der Waals surface area contributed by atoms with E-state index in [4.69, 9.17) is 4.74 Å². The van der Waals surface area contributed by atoms with Crippen molar-refractivity contribution in [1.82, 2.24) is 19.6 Å². The van der Waals surface area contributed by atoms with Gasteiger partial charge in [-0.05, 0) is 6.42 Å². The van der Waals surface area contributed by atoms with Crippen LogP contribution in [0.25, 0.3) is 0 Å². The molecular formula is C18H31N5O3. The molecule has 3 rings (SSSR count). The van der Waals surface area contributed by atoms with Gasteiger partial charge in [0.15, 0.2) is 5.82 Å². The second-order valence-corrected chi connectivity index (χ2v) is 8.19. The van der Waals surface area contributed by atoms with Gasteiger partial charge in [-0.2, -0.15) is 5.10 Å². The van der Waals surface area contributed by atoms with Crippen molar-refractivity contribution in [2.75, 3.05) is 57.8 Å². The van der Waals surface area contributed by atoms with Gasteiger partial charge in [0.1, 0.15) is 0 Å². The molecule has 0 radical (unpaired) electrons. The summed E-state index contributed by atoms with van der Waals surface area (Å²) in [5, 5.41) is 18.3. The Morgan fingerprint density at radius 3 is 2.65 bits per heavy atom. The maximum Gasteiger partial charge on any atom is 0.239 e. The fraction of sp³-hybridized carbons (Fsp3) is 0.778. The van der Waals surface area contributed by atoms with Gasteiger partial charge in [0.25, 0.3) is 0 Å². The first kappa shape index (κ1) is 19.3. The molecule has 1 atom stereocenters. The Bertz CT molecular complexity index is 626. The minimum absolute atomic E-state index is 0.0712. The zero-order chi connectivity index (χ0) is 18.8. The van der Waals surface area contributed by atoms with Crippen LogP contribution in [0.5, 0.6) is 0 Å². The molecule has 2 N–H and O–H groups in total. The Kier molecular flexibility index (Phi) is 5.67. The van der Waals surface area contributed by atoms with E-state index in [1.165, 1.54) is 0 Å². The number of rotatable bonds is 5. The molecule has 2 saturated heterocycles. The number of aliphatic hydroxyl groups is 1. The van der Waals surface area contributed by atoms with Gasteiger partial charge < -0.3 is 15.2 Å². The second-order valence-electron chi connectivity index (χ2n) is 8.19. The van der Waals surface area contributed by atoms with Crippen LogP contribution in [0.1, 0.15) is 20.3 Å². The van der Waals surface area contributed by atoms with Crippen LogP contribution < -0.4 is 5.32 Å². The number of amides is 1. The molecule has 0 saturated carbocycles. The Balaban J connectivity index is 1.54. The number of nitrogens with zero attached hydrogens (tertiary/aromatic N) is 4. The van der Waals surface area contributed by atoms with E-state index in [0.29, 0.717) is 38.4 Å². The topological polar surface area (TPSA) is 82.9 Å². The Hall–Kier alpha value is -1.48. The smallest absolute Gasteiger partial charge is 0.239 e. The summed E-state index contributed by atoms with van der Waals surface area (Å²) >= 11 is 0. The van der Waals surface area contributed by atoms with Crippen molar-refractivity contribution in [2.45, 2.75) is 25.9 Å². The van der Waals surface area contributed by atoms with E-state index in [2.05, 4.69) is 34.1 Å². The third-order valence-corrected chi connectivity index (χ3v) is 5.66. The summed E-state index contributed by atoms with van der Waals surface area (Å²) in [6, 6.07) is 1.78. The molecule has 1 unspecified atom stereocenters. The Morgan fingerprint density at radius 1 is 1.31 bits per heavy atom. The van der Waals surface area contributed by atoms with Gasteiger partial charge in [-0.15, -0.1) is 0 Å². The van der Waals surface area contributed by atoms with Crippen LogP contribution in [-0.2, 0) is 16.6 Å². The average molecular weight is 365 g/mol. The van der Waals surface area contributed by atoms with Crippen LogP contribution in [0.2, 0.25) is 0 Å². The normalized spacial score (nSPS) is 27.4. The van der Waals surface area contributed by atoms with Gasteiger partial charge in [0, 0.05) is 57.4 Å². The summed E-state index contributed by atoms with van der Waals surface area (Å²) in [6.45, 7) is 9.76. The molecular weight excluding hydrogens is 334 g/mol. The van der Waals surface area contributed by atoms with Gasteiger partial charge >= 0.3 is 0 Å². The first-order valence-electron chi connectivity index (χ1n) is 9.32. The number of likely N-dealkylation sites (tertiary alicyclic amines) is 1. The van der Waals surface area contributed by atoms with E-state index >= 15 is 0 Å². The number of carbonyl (C=O) groups is 1. The molecule has 0 aromatic carbocycles. The Morgan fingerprint density at radius 2 is 2.04 bits per heavy atom. The predicted molar refractivity (Wildman–Crippen MR) is 98.9 cm³/mol. The number of hydrogen-bond acceptors (Lipinski definition) is 6. The maximum absolute atomic E-state index is 12.3. The fourth-order valence-corrected chi connectivity index (χ4v) is 3.89. The van der Waals surface area contributed by atoms with Crippen molar-refractivity contribution in [3.05, 3.63) is 12.3 Å². The molecule has 1 aromatic heterocycles. The first-order chi connectivity index (χ1) is 12.3. The molecule has 26 heavy (non-hydrogen) atoms. The standard InChI is InChI=1S/C18H31N5O3/c1-17(2)13-23(12-16(24)19-15-4-6-21(3)20-15)7-5-18(17,25)14-22-8-10-26-11-9-22/h4,6,25H,5,7-14H2,1-3H3,(H,19,20,24). The lowest BCUT2D eigenvalue weighted by Crippen LogP contribution is -2.63. The van der Waals surface area contributed by atoms with E-state index in [9.17, 15) is 9.90 Å². The van der Waals surface area contributed by atoms with Crippen LogP contribution in [0.3, 0.4) is 0 Å². The number of β-amino-alcohol motifs (C(OH)–C–C–N with tert-alkyl or cyclic N) is 1. The molecule has 1 aromatic rings. The summed E-state index contributed by atoms with van der Waals surface area (Å²) in [5.41, 5.74) is -1.05. The van der Waals surface area contributed by atoms with E-state index < -0.39 is 5.60 Å². The molecule has 8 nitrogen and oxygen atoms in total. The highest BCUT2D eigenvalue weighted by molar-refractivity contribution is 5.91. The number of morpholine rings is 1. The molecule has 0 bridgehead atoms. The van der Waals surface area contributed by atoms with E-state index in [1.54, 1.807) is 16.9 Å². The highest BCUT2D eigenvalue weighted by atomic mass is 16.5. The van der Waals surface area contributed by atoms with Crippen molar-refractivity contribution >= 4 is 11.7 Å². The molecule has 2 aliphatic rings. The van der Waals surface area contributed by atoms with E-state index in [-0.39, 0.29) is 11.3 Å². The van der Waals surface area contributed by atoms with Crippen LogP contribution in [0.15, 0.2) is 12.3 Å². The van der Waals surface area contributed by atoms with Gasteiger partial charge in [-0.3, -0.25) is 19.3 Å². The zero-order valence-corrected chi connectivity index (χ0v) is 16.1. The highest BCUT2D eigenvalue weighted by Crippen LogP contribution is 2.39. The maximum atomic E-state index is 12.3. The number of hydrogen-bond donors (Lipinski definition) is 2. The van der Waals surface area contributed by atoms with Gasteiger partial charge in [-0.25, -0.2) is 0 Å². The Labute approximate surface area is 155 Å². The van der Waals surface area contributed by atoms with Crippen molar-refractivity contribution < 1.29 is 14.6 Å². The van der Waals surface area contributed by atoms with Crippen LogP contribution in [0.4, 0.5) is 5.82 Å². The molecule has 1 amide bonds. The summed E-state index contributed by atoms with van der Waals surface area (Å²) < 4.78 is 7.06. The average Bonchev–Trinajstić information content (AvgIpc) is 2.97. The van der Waals surface area contributed by atoms with Crippen molar-refractivity contribution in [1.29, 1.82) is 0 Å². The molecule has 146 valence electrons. The highest BCUT2D eigenvalue weighted by Gasteiger charge is 2.48. The third-order valence-electron chi connectivity index (χ3n) is 5.66. The van der Waals surface area contributed by atoms with Gasteiger partial charge in [0.2, 0.25) is 5.91 Å². The molecule has 0 aliphatic carbocycles. The van der Waals surface area contributed by atoms with Crippen molar-refractivity contribution in [3.8, 4) is 0 Å². The van der Waals surface area contributed by atoms with Crippen LogP contribution in [0, 0.1) is 5.41 Å². The zero-order valence-electron chi connectivity index (χ0n) is 16.1. The first-order valence-corrected chi connectivity index (χ1v) is 9.32. The van der Waals surface area contributed by atoms with Crippen LogP contribution in [-0.4, -0.2) is 88.7 Å². The molecule has 3 heterocycles. The number of carbonyl (C=O) groups excluding carboxylic acids is 1. The lowest BCUT2D eigenvalue weighted by Gasteiger charge is -2.52. The monoisotopic (exact) mass is 365 g/mol. The minimum atomic E-state index is -0.752. The number of anilines is 1. The predicted octanol–water partition coefficient (Wildman–Crippen LogP) is 0.154. The van der Waals surface area contributed by atoms with Crippen molar-refractivity contribution in [3.63, 3.8) is 0 Å². The lowest BCUT2D eigenvalue weighted by molar-refractivity contribution is -0.143. The summed E-state index contributed by atoms with van der Waals surface area (Å²) in [7, 11) is 1.82. The largest absolute Gasteiger partial charge is 0.388 e. The van der Waals surface area contributed by atoms with Crippen molar-refractivity contribution in [2.24, 2.45) is 12.5 Å². The van der Waals surface area contributed by atoms with Gasteiger partial charge in [0.05, 0.1) is 25.4 Å². The summed E-state index contributed by atoms with van der Waals surface area (Å²) in [6.07, 6.45) is 2.46. The number of ether oxygens (including phenoxy) is 1. The third kappa shape index (κ3) is 4.43. The molecule has 2 aliphatic heterocycles. The van der Waals surface area contributed by atoms with E-state index in [1.807, 2.05) is 7.05 Å². The van der Waals surface area contributed by atoms with E-state index in [0.717, 1.165) is 26.3 Å². The molecule has 8 heteroatoms. The fourth-order valence-electron chi connectivity index (χ4n) is 3.89. The molecule has 2 fully saturated rings. The number of piperidine rings is 1. The van der Waals surface area contributed by atoms with Gasteiger partial charge in [-0.1, -0.05) is 13.8 Å². The SMILES string of the molecule is Cn1ccc(NC(=O)CN2CCC(O)(CN3CCOCC3)C(C)(C)C2)n1. The minimum Gasteiger partial charge on any atom is -0.388 e.